The van der Waals surface area contributed by atoms with E-state index in [1.165, 1.54) is 0 Å². The number of hydrogen-bond acceptors (Lipinski definition) is 6. The van der Waals surface area contributed by atoms with Gasteiger partial charge in [0.05, 0.1) is 5.69 Å². The van der Waals surface area contributed by atoms with Crippen molar-refractivity contribution in [1.29, 1.82) is 0 Å². The molecule has 3 N–H and O–H groups in total. The molecule has 2 fully saturated rings. The molecule has 0 saturated carbocycles. The molecule has 0 aromatic heterocycles. The van der Waals surface area contributed by atoms with Crippen LogP contribution in [0.4, 0.5) is 5.69 Å². The van der Waals surface area contributed by atoms with Gasteiger partial charge in [-0.3, -0.25) is 14.9 Å². The second-order valence-corrected chi connectivity index (χ2v) is 11.7. The number of rotatable bonds is 8. The van der Waals surface area contributed by atoms with Gasteiger partial charge in [0.2, 0.25) is 11.8 Å². The van der Waals surface area contributed by atoms with Crippen LogP contribution in [-0.4, -0.2) is 68.1 Å². The summed E-state index contributed by atoms with van der Waals surface area (Å²) >= 11 is 6.11. The van der Waals surface area contributed by atoms with Crippen molar-refractivity contribution in [1.82, 2.24) is 20.9 Å². The van der Waals surface area contributed by atoms with Crippen LogP contribution >= 0.6 is 11.6 Å². The number of carbonyl (C=O) groups excluding carboxylic acids is 2. The van der Waals surface area contributed by atoms with Crippen LogP contribution in [0.15, 0.2) is 72.8 Å². The number of amides is 2. The largest absolute Gasteiger partial charge is 0.487 e. The van der Waals surface area contributed by atoms with E-state index in [-0.39, 0.29) is 17.9 Å². The van der Waals surface area contributed by atoms with E-state index in [0.29, 0.717) is 44.2 Å². The van der Waals surface area contributed by atoms with Crippen LogP contribution in [0.25, 0.3) is 0 Å². The lowest BCUT2D eigenvalue weighted by molar-refractivity contribution is -0.137. The van der Waals surface area contributed by atoms with Gasteiger partial charge in [0.15, 0.2) is 0 Å². The Balaban J connectivity index is 1.13. The summed E-state index contributed by atoms with van der Waals surface area (Å²) in [6, 6.07) is 22.4. The van der Waals surface area contributed by atoms with Crippen molar-refractivity contribution in [3.63, 3.8) is 0 Å². The minimum absolute atomic E-state index is 0.0675. The molecule has 0 radical (unpaired) electrons. The number of anilines is 1. The van der Waals surface area contributed by atoms with Gasteiger partial charge in [-0.1, -0.05) is 60.1 Å². The Bertz CT molecular complexity index is 1390. The molecule has 1 unspecified atom stereocenters. The SMILES string of the molecule is O=C(N[C@H](Cc1ccc(Cl)cc1)C(=O)N1CCN(c2ccccc2O[C@@H]2CCCNC2)CC1)C1NCc2ccccc21. The average Bonchev–Trinajstić information content (AvgIpc) is 3.47. The number of halogens is 1. The predicted octanol–water partition coefficient (Wildman–Crippen LogP) is 3.69. The normalized spacial score (nSPS) is 21.0. The van der Waals surface area contributed by atoms with E-state index >= 15 is 0 Å². The first-order chi connectivity index (χ1) is 20.5. The van der Waals surface area contributed by atoms with Crippen LogP contribution in [0.1, 0.15) is 35.6 Å². The van der Waals surface area contributed by atoms with Crippen LogP contribution < -0.4 is 25.6 Å². The summed E-state index contributed by atoms with van der Waals surface area (Å²) in [6.07, 6.45) is 2.72. The van der Waals surface area contributed by atoms with E-state index in [4.69, 9.17) is 16.3 Å². The van der Waals surface area contributed by atoms with Gasteiger partial charge in [-0.05, 0) is 60.3 Å². The molecule has 3 atom stereocenters. The molecule has 3 aliphatic rings. The lowest BCUT2D eigenvalue weighted by Gasteiger charge is -2.38. The van der Waals surface area contributed by atoms with E-state index in [2.05, 4.69) is 26.9 Å². The fourth-order valence-electron chi connectivity index (χ4n) is 6.15. The molecule has 3 heterocycles. The summed E-state index contributed by atoms with van der Waals surface area (Å²) in [7, 11) is 0. The standard InChI is InChI=1S/C33H38ClN5O3/c34-25-13-11-23(12-14-25)20-28(37-32(40)31-27-8-2-1-6-24(27)21-36-31)33(41)39-18-16-38(17-19-39)29-9-3-4-10-30(29)42-26-7-5-15-35-22-26/h1-4,6,8-14,26,28,31,35-36H,5,7,15-22H2,(H,37,40)/t26-,28-,31?/m1/s1. The summed E-state index contributed by atoms with van der Waals surface area (Å²) in [5.74, 6) is 0.638. The molecule has 42 heavy (non-hydrogen) atoms. The molecule has 3 aromatic carbocycles. The fourth-order valence-corrected chi connectivity index (χ4v) is 6.28. The number of nitrogens with one attached hydrogen (secondary N) is 3. The van der Waals surface area contributed by atoms with Gasteiger partial charge in [-0.25, -0.2) is 0 Å². The van der Waals surface area contributed by atoms with Gasteiger partial charge in [0, 0.05) is 50.7 Å². The van der Waals surface area contributed by atoms with Crippen LogP contribution in [0.5, 0.6) is 5.75 Å². The summed E-state index contributed by atoms with van der Waals surface area (Å²) in [5.41, 5.74) is 4.08. The molecule has 0 aliphatic carbocycles. The summed E-state index contributed by atoms with van der Waals surface area (Å²) in [5, 5.41) is 10.4. The van der Waals surface area contributed by atoms with Crippen molar-refractivity contribution in [2.24, 2.45) is 0 Å². The fraction of sp³-hybridized carbons (Fsp3) is 0.394. The van der Waals surface area contributed by atoms with Gasteiger partial charge in [0.25, 0.3) is 0 Å². The molecule has 8 nitrogen and oxygen atoms in total. The zero-order chi connectivity index (χ0) is 28.9. The lowest BCUT2D eigenvalue weighted by Crippen LogP contribution is -2.56. The maximum atomic E-state index is 14.0. The topological polar surface area (TPSA) is 85.9 Å². The molecule has 6 rings (SSSR count). The number of nitrogens with zero attached hydrogens (tertiary/aromatic N) is 2. The van der Waals surface area contributed by atoms with Gasteiger partial charge in [-0.2, -0.15) is 0 Å². The van der Waals surface area contributed by atoms with Gasteiger partial charge >= 0.3 is 0 Å². The second kappa shape index (κ2) is 13.2. The number of benzene rings is 3. The van der Waals surface area contributed by atoms with Crippen molar-refractivity contribution in [2.75, 3.05) is 44.2 Å². The Labute approximate surface area is 252 Å². The smallest absolute Gasteiger partial charge is 0.245 e. The third-order valence-corrected chi connectivity index (χ3v) is 8.69. The lowest BCUT2D eigenvalue weighted by atomic mass is 10.0. The van der Waals surface area contributed by atoms with Crippen molar-refractivity contribution >= 4 is 29.1 Å². The van der Waals surface area contributed by atoms with E-state index < -0.39 is 12.1 Å². The molecule has 0 spiro atoms. The van der Waals surface area contributed by atoms with Crippen LogP contribution in [0, 0.1) is 0 Å². The number of carbonyl (C=O) groups is 2. The zero-order valence-corrected chi connectivity index (χ0v) is 24.5. The molecule has 3 aromatic rings. The molecule has 2 saturated heterocycles. The highest BCUT2D eigenvalue weighted by molar-refractivity contribution is 6.30. The second-order valence-electron chi connectivity index (χ2n) is 11.3. The van der Waals surface area contributed by atoms with E-state index in [9.17, 15) is 9.59 Å². The van der Waals surface area contributed by atoms with Gasteiger partial charge in [0.1, 0.15) is 23.9 Å². The number of fused-ring (bicyclic) bond motifs is 1. The average molecular weight is 588 g/mol. The predicted molar refractivity (Wildman–Crippen MR) is 165 cm³/mol. The number of piperazine rings is 1. The first-order valence-corrected chi connectivity index (χ1v) is 15.3. The summed E-state index contributed by atoms with van der Waals surface area (Å²) < 4.78 is 6.40. The maximum Gasteiger partial charge on any atom is 0.245 e. The quantitative estimate of drug-likeness (QED) is 0.373. The Morgan fingerprint density at radius 1 is 0.976 bits per heavy atom. The number of ether oxygens (including phenoxy) is 1. The molecular formula is C33H38ClN5O3. The molecule has 9 heteroatoms. The molecule has 3 aliphatic heterocycles. The Morgan fingerprint density at radius 3 is 2.52 bits per heavy atom. The number of hydrogen-bond donors (Lipinski definition) is 3. The highest BCUT2D eigenvalue weighted by atomic mass is 35.5. The molecule has 2 amide bonds. The minimum Gasteiger partial charge on any atom is -0.487 e. The minimum atomic E-state index is -0.686. The first kappa shape index (κ1) is 28.5. The highest BCUT2D eigenvalue weighted by Crippen LogP contribution is 2.31. The monoisotopic (exact) mass is 587 g/mol. The van der Waals surface area contributed by atoms with Crippen molar-refractivity contribution < 1.29 is 14.3 Å². The third-order valence-electron chi connectivity index (χ3n) is 8.44. The van der Waals surface area contributed by atoms with Crippen molar-refractivity contribution in [2.45, 2.75) is 44.0 Å². The molecular weight excluding hydrogens is 550 g/mol. The van der Waals surface area contributed by atoms with Crippen molar-refractivity contribution in [3.8, 4) is 5.75 Å². The maximum absolute atomic E-state index is 14.0. The van der Waals surface area contributed by atoms with Gasteiger partial charge in [-0.15, -0.1) is 0 Å². The summed E-state index contributed by atoms with van der Waals surface area (Å²) in [6.45, 7) is 5.04. The van der Waals surface area contributed by atoms with E-state index in [1.54, 1.807) is 0 Å². The highest BCUT2D eigenvalue weighted by Gasteiger charge is 2.34. The molecule has 220 valence electrons. The van der Waals surface area contributed by atoms with Crippen LogP contribution in [0.3, 0.4) is 0 Å². The first-order valence-electron chi connectivity index (χ1n) is 14.9. The van der Waals surface area contributed by atoms with Crippen LogP contribution in [-0.2, 0) is 22.6 Å². The van der Waals surface area contributed by atoms with Crippen LogP contribution in [0.2, 0.25) is 5.02 Å². The van der Waals surface area contributed by atoms with Gasteiger partial charge < -0.3 is 25.2 Å². The Morgan fingerprint density at radius 2 is 1.74 bits per heavy atom. The Hall–Kier alpha value is -3.59. The Kier molecular flexibility index (Phi) is 8.93. The van der Waals surface area contributed by atoms with Crippen molar-refractivity contribution in [3.05, 3.63) is 94.5 Å². The zero-order valence-electron chi connectivity index (χ0n) is 23.7. The number of piperidine rings is 1. The number of para-hydroxylation sites is 2. The molecule has 0 bridgehead atoms. The van der Waals surface area contributed by atoms with E-state index in [0.717, 1.165) is 54.1 Å². The third kappa shape index (κ3) is 6.56. The van der Waals surface area contributed by atoms with E-state index in [1.807, 2.05) is 71.6 Å². The summed E-state index contributed by atoms with van der Waals surface area (Å²) in [4.78, 5) is 31.6.